The summed E-state index contributed by atoms with van der Waals surface area (Å²) in [6.07, 6.45) is 1.73. The van der Waals surface area contributed by atoms with Crippen LogP contribution in [0.1, 0.15) is 36.0 Å². The van der Waals surface area contributed by atoms with E-state index in [1.165, 1.54) is 11.1 Å². The van der Waals surface area contributed by atoms with Crippen molar-refractivity contribution in [2.45, 2.75) is 33.0 Å². The zero-order valence-corrected chi connectivity index (χ0v) is 43.0. The van der Waals surface area contributed by atoms with E-state index >= 15 is 0 Å². The number of hydrogen-bond donors (Lipinski definition) is 0. The second-order valence-corrected chi connectivity index (χ2v) is 21.1. The smallest absolute Gasteiger partial charge is 0.137 e. The molecule has 0 radical (unpaired) electrons. The molecule has 10 aromatic carbocycles. The Labute approximate surface area is 453 Å². The summed E-state index contributed by atoms with van der Waals surface area (Å²) in [5.74, 6) is 1.80. The number of rotatable bonds is 9. The van der Waals surface area contributed by atoms with Crippen molar-refractivity contribution in [1.82, 2.24) is 14.1 Å². The lowest BCUT2D eigenvalue weighted by Gasteiger charge is -2.26. The number of hydrogen-bond acceptors (Lipinski definition) is 4. The number of benzene rings is 10. The third-order valence-corrected chi connectivity index (χ3v) is 15.3. The van der Waals surface area contributed by atoms with Crippen LogP contribution in [0.25, 0.3) is 88.5 Å². The Morgan fingerprint density at radius 3 is 1.83 bits per heavy atom. The average Bonchev–Trinajstić information content (AvgIpc) is 4.22. The Morgan fingerprint density at radius 1 is 0.429 bits per heavy atom. The molecule has 4 heterocycles. The summed E-state index contributed by atoms with van der Waals surface area (Å²) in [5.41, 5.74) is 16.5. The van der Waals surface area contributed by atoms with E-state index in [-0.39, 0.29) is 11.0 Å². The number of aryl methyl sites for hydroxylation is 1. The van der Waals surface area contributed by atoms with Gasteiger partial charge >= 0.3 is 0 Å². The van der Waals surface area contributed by atoms with Gasteiger partial charge in [-0.25, -0.2) is 4.98 Å². The number of ether oxygens (including phenoxy) is 1. The van der Waals surface area contributed by atoms with Gasteiger partial charge in [-0.1, -0.05) is 166 Å². The molecule has 370 valence electrons. The minimum Gasteiger partial charge on any atom is -0.457 e. The average molecular weight is 997 g/mol. The van der Waals surface area contributed by atoms with Gasteiger partial charge < -0.3 is 19.1 Å². The van der Waals surface area contributed by atoms with E-state index in [4.69, 9.17) is 13.8 Å². The summed E-state index contributed by atoms with van der Waals surface area (Å²) in [4.78, 5) is 9.95. The molecule has 3 aromatic heterocycles. The summed E-state index contributed by atoms with van der Waals surface area (Å²) < 4.78 is 38.3. The number of nitrogens with zero attached hydrogens (tertiary/aromatic N) is 5. The van der Waals surface area contributed by atoms with Crippen LogP contribution in [0.2, 0.25) is 0 Å². The maximum atomic E-state index is 9.02. The second kappa shape index (κ2) is 18.3. The van der Waals surface area contributed by atoms with Crippen LogP contribution in [0.5, 0.6) is 11.5 Å². The molecule has 1 aliphatic heterocycles. The Balaban J connectivity index is 0.866. The first-order valence-electron chi connectivity index (χ1n) is 27.8. The molecule has 0 aliphatic carbocycles. The van der Waals surface area contributed by atoms with Crippen molar-refractivity contribution in [3.63, 3.8) is 0 Å². The fraction of sp³-hybridized carbons (Fsp3) is 0.0845. The van der Waals surface area contributed by atoms with E-state index < -0.39 is 6.85 Å². The maximum absolute atomic E-state index is 9.02. The van der Waals surface area contributed by atoms with Crippen LogP contribution in [0, 0.1) is 6.85 Å². The van der Waals surface area contributed by atoms with Crippen LogP contribution in [0.3, 0.4) is 0 Å². The standard InChI is InChI=1S/C71H55N5O/c1-47-39-69(72-45-63(47)51-23-15-27-55(40-51)75-64-32-13-11-29-59(64)60-30-12-14-33-65(60)75)76-66-38-35-50(48-19-7-5-8-20-48)41-62(66)61-37-36-57(44-68(61)76)77-56-28-17-26-54(43-56)73-46-74(53-25-16-24-52(42-53)71(2,3)4)70-58(31-18-34-67(70)73)49-21-9-6-10-22-49/h5-45H,46H2,1-4H3/i1D3. The maximum Gasteiger partial charge on any atom is 0.137 e. The summed E-state index contributed by atoms with van der Waals surface area (Å²) >= 11 is 0. The number of aromatic nitrogens is 3. The second-order valence-electron chi connectivity index (χ2n) is 21.1. The first-order chi connectivity index (χ1) is 38.9. The van der Waals surface area contributed by atoms with Crippen LogP contribution in [-0.4, -0.2) is 20.8 Å². The zero-order chi connectivity index (χ0) is 54.3. The van der Waals surface area contributed by atoms with Gasteiger partial charge in [0.25, 0.3) is 0 Å². The quantitative estimate of drug-likeness (QED) is 0.144. The van der Waals surface area contributed by atoms with Crippen LogP contribution in [-0.2, 0) is 5.41 Å². The summed E-state index contributed by atoms with van der Waals surface area (Å²) in [5, 5.41) is 4.30. The monoisotopic (exact) mass is 996 g/mol. The molecule has 0 fully saturated rings. The topological polar surface area (TPSA) is 38.5 Å². The molecule has 14 rings (SSSR count). The van der Waals surface area contributed by atoms with E-state index in [1.54, 1.807) is 12.3 Å². The summed E-state index contributed by atoms with van der Waals surface area (Å²) in [6.45, 7) is 4.91. The summed E-state index contributed by atoms with van der Waals surface area (Å²) in [6, 6.07) is 84.0. The molecule has 0 bridgehead atoms. The SMILES string of the molecule is [2H]C([2H])([2H])c1cc(-n2c3ccc(-c4ccccc4)cc3c3ccc(Oc4cccc(N5CN(c6cccc(C(C)(C)C)c6)c6c(-c7ccccc7)cccc65)c4)cc32)ncc1-c1cccc(-n2c3ccccc3c3ccccc32)c1. The molecule has 0 unspecified atom stereocenters. The Hall–Kier alpha value is -9.65. The molecule has 6 heteroatoms. The van der Waals surface area contributed by atoms with Crippen molar-refractivity contribution in [2.75, 3.05) is 16.5 Å². The molecule has 77 heavy (non-hydrogen) atoms. The third-order valence-electron chi connectivity index (χ3n) is 15.3. The first-order valence-corrected chi connectivity index (χ1v) is 26.3. The largest absolute Gasteiger partial charge is 0.457 e. The van der Waals surface area contributed by atoms with Crippen molar-refractivity contribution in [3.05, 3.63) is 260 Å². The Morgan fingerprint density at radius 2 is 1.06 bits per heavy atom. The van der Waals surface area contributed by atoms with Gasteiger partial charge in [-0.15, -0.1) is 0 Å². The lowest BCUT2D eigenvalue weighted by molar-refractivity contribution is 0.483. The van der Waals surface area contributed by atoms with E-state index in [0.717, 1.165) is 94.3 Å². The fourth-order valence-electron chi connectivity index (χ4n) is 11.5. The molecule has 0 saturated carbocycles. The molecule has 0 amide bonds. The highest BCUT2D eigenvalue weighted by molar-refractivity contribution is 6.11. The van der Waals surface area contributed by atoms with Gasteiger partial charge in [0.05, 0.1) is 33.4 Å². The Kier molecular flexibility index (Phi) is 10.2. The van der Waals surface area contributed by atoms with Gasteiger partial charge in [-0.05, 0) is 131 Å². The van der Waals surface area contributed by atoms with E-state index in [0.29, 0.717) is 29.5 Å². The number of pyridine rings is 1. The fourth-order valence-corrected chi connectivity index (χ4v) is 11.5. The van der Waals surface area contributed by atoms with Crippen LogP contribution in [0.4, 0.5) is 22.7 Å². The molecular formula is C71H55N5O. The normalized spacial score (nSPS) is 13.3. The predicted octanol–water partition coefficient (Wildman–Crippen LogP) is 18.9. The van der Waals surface area contributed by atoms with Crippen molar-refractivity contribution in [2.24, 2.45) is 0 Å². The minimum atomic E-state index is -2.47. The molecular weight excluding hydrogens is 939 g/mol. The summed E-state index contributed by atoms with van der Waals surface area (Å²) in [7, 11) is 0. The highest BCUT2D eigenvalue weighted by Crippen LogP contribution is 2.50. The van der Waals surface area contributed by atoms with E-state index in [9.17, 15) is 0 Å². The van der Waals surface area contributed by atoms with Gasteiger partial charge in [0.2, 0.25) is 0 Å². The van der Waals surface area contributed by atoms with Gasteiger partial charge in [-0.3, -0.25) is 4.57 Å². The third kappa shape index (κ3) is 8.00. The van der Waals surface area contributed by atoms with Gasteiger partial charge in [0, 0.05) is 72.2 Å². The first kappa shape index (κ1) is 42.7. The number of para-hydroxylation sites is 3. The van der Waals surface area contributed by atoms with E-state index in [2.05, 4.69) is 228 Å². The van der Waals surface area contributed by atoms with Crippen molar-refractivity contribution < 1.29 is 8.85 Å². The zero-order valence-electron chi connectivity index (χ0n) is 46.0. The van der Waals surface area contributed by atoms with Crippen molar-refractivity contribution >= 4 is 66.4 Å². The van der Waals surface area contributed by atoms with Crippen LogP contribution in [0.15, 0.2) is 249 Å². The molecule has 6 nitrogen and oxygen atoms in total. The van der Waals surface area contributed by atoms with Gasteiger partial charge in [0.1, 0.15) is 24.0 Å². The molecule has 1 aliphatic rings. The number of anilines is 4. The van der Waals surface area contributed by atoms with Gasteiger partial charge in [0.15, 0.2) is 0 Å². The molecule has 0 spiro atoms. The van der Waals surface area contributed by atoms with E-state index in [1.807, 2.05) is 48.5 Å². The molecule has 13 aromatic rings. The Bertz CT molecular complexity index is 4480. The van der Waals surface area contributed by atoms with Crippen molar-refractivity contribution in [3.8, 4) is 56.4 Å². The van der Waals surface area contributed by atoms with Crippen molar-refractivity contribution in [1.29, 1.82) is 0 Å². The number of fused-ring (bicyclic) bond motifs is 7. The predicted molar refractivity (Wildman–Crippen MR) is 321 cm³/mol. The lowest BCUT2D eigenvalue weighted by atomic mass is 9.87. The van der Waals surface area contributed by atoms with Crippen LogP contribution < -0.4 is 14.5 Å². The van der Waals surface area contributed by atoms with Crippen LogP contribution >= 0.6 is 0 Å². The lowest BCUT2D eigenvalue weighted by Crippen LogP contribution is -2.24. The molecule has 0 N–H and O–H groups in total. The minimum absolute atomic E-state index is 0.0168. The highest BCUT2D eigenvalue weighted by atomic mass is 16.5. The molecule has 0 atom stereocenters. The molecule has 0 saturated heterocycles. The highest BCUT2D eigenvalue weighted by Gasteiger charge is 2.32. The van der Waals surface area contributed by atoms with Gasteiger partial charge in [-0.2, -0.15) is 0 Å².